The Balaban J connectivity index is 2.22. The average molecular weight is 233 g/mol. The molecule has 2 nitrogen and oxygen atoms in total. The van der Waals surface area contributed by atoms with Gasteiger partial charge in [-0.15, -0.1) is 0 Å². The third-order valence-electron chi connectivity index (χ3n) is 3.78. The maximum absolute atomic E-state index is 9.16. The SMILES string of the molecule is Cc1cc(C)cc(C2CCNCC2CCO)c1. The molecule has 1 aromatic carbocycles. The summed E-state index contributed by atoms with van der Waals surface area (Å²) in [4.78, 5) is 0. The molecule has 0 bridgehead atoms. The Kier molecular flexibility index (Phi) is 4.19. The van der Waals surface area contributed by atoms with Crippen LogP contribution in [0.4, 0.5) is 0 Å². The Hall–Kier alpha value is -0.860. The zero-order chi connectivity index (χ0) is 12.3. The van der Waals surface area contributed by atoms with Gasteiger partial charge in [0.25, 0.3) is 0 Å². The van der Waals surface area contributed by atoms with Crippen molar-refractivity contribution in [1.82, 2.24) is 5.32 Å². The van der Waals surface area contributed by atoms with Gasteiger partial charge in [-0.3, -0.25) is 0 Å². The number of hydrogen-bond donors (Lipinski definition) is 2. The number of benzene rings is 1. The first-order chi connectivity index (χ1) is 8.20. The summed E-state index contributed by atoms with van der Waals surface area (Å²) in [6.07, 6.45) is 2.10. The van der Waals surface area contributed by atoms with Gasteiger partial charge in [-0.25, -0.2) is 0 Å². The molecule has 2 N–H and O–H groups in total. The van der Waals surface area contributed by atoms with E-state index in [0.717, 1.165) is 19.5 Å². The maximum Gasteiger partial charge on any atom is 0.0434 e. The van der Waals surface area contributed by atoms with E-state index in [4.69, 9.17) is 5.11 Å². The van der Waals surface area contributed by atoms with Crippen LogP contribution in [-0.4, -0.2) is 24.8 Å². The molecule has 2 atom stereocenters. The fraction of sp³-hybridized carbons (Fsp3) is 0.600. The minimum Gasteiger partial charge on any atom is -0.396 e. The lowest BCUT2D eigenvalue weighted by molar-refractivity contribution is 0.220. The molecule has 0 aliphatic carbocycles. The summed E-state index contributed by atoms with van der Waals surface area (Å²) in [5.74, 6) is 1.19. The summed E-state index contributed by atoms with van der Waals surface area (Å²) in [7, 11) is 0. The van der Waals surface area contributed by atoms with Crippen LogP contribution in [0.3, 0.4) is 0 Å². The Morgan fingerprint density at radius 1 is 1.24 bits per heavy atom. The third kappa shape index (κ3) is 3.08. The van der Waals surface area contributed by atoms with Gasteiger partial charge >= 0.3 is 0 Å². The highest BCUT2D eigenvalue weighted by atomic mass is 16.3. The highest BCUT2D eigenvalue weighted by molar-refractivity contribution is 5.31. The first-order valence-corrected chi connectivity index (χ1v) is 6.60. The second-order valence-corrected chi connectivity index (χ2v) is 5.29. The van der Waals surface area contributed by atoms with Crippen LogP contribution in [-0.2, 0) is 0 Å². The summed E-state index contributed by atoms with van der Waals surface area (Å²) in [6.45, 7) is 6.77. The van der Waals surface area contributed by atoms with E-state index in [0.29, 0.717) is 18.4 Å². The quantitative estimate of drug-likeness (QED) is 0.840. The standard InChI is InChI=1S/C15H23NO/c1-11-7-12(2)9-14(8-11)15-3-5-16-10-13(15)4-6-17/h7-9,13,15-17H,3-6,10H2,1-2H3. The number of rotatable bonds is 3. The molecule has 1 aliphatic heterocycles. The van der Waals surface area contributed by atoms with Gasteiger partial charge in [0.2, 0.25) is 0 Å². The van der Waals surface area contributed by atoms with Crippen molar-refractivity contribution >= 4 is 0 Å². The molecule has 2 heteroatoms. The molecular weight excluding hydrogens is 210 g/mol. The van der Waals surface area contributed by atoms with Gasteiger partial charge in [0.1, 0.15) is 0 Å². The summed E-state index contributed by atoms with van der Waals surface area (Å²) >= 11 is 0. The van der Waals surface area contributed by atoms with E-state index in [9.17, 15) is 0 Å². The molecule has 17 heavy (non-hydrogen) atoms. The zero-order valence-electron chi connectivity index (χ0n) is 10.9. The first-order valence-electron chi connectivity index (χ1n) is 6.60. The van der Waals surface area contributed by atoms with Crippen LogP contribution >= 0.6 is 0 Å². The van der Waals surface area contributed by atoms with Crippen LogP contribution in [0.5, 0.6) is 0 Å². The fourth-order valence-corrected chi connectivity index (χ4v) is 3.05. The highest BCUT2D eigenvalue weighted by Crippen LogP contribution is 2.33. The minimum atomic E-state index is 0.299. The molecule has 1 aliphatic rings. The van der Waals surface area contributed by atoms with Crippen LogP contribution in [0.25, 0.3) is 0 Å². The van der Waals surface area contributed by atoms with Gasteiger partial charge in [-0.1, -0.05) is 29.3 Å². The number of aryl methyl sites for hydroxylation is 2. The van der Waals surface area contributed by atoms with E-state index in [1.165, 1.54) is 23.1 Å². The molecule has 1 heterocycles. The van der Waals surface area contributed by atoms with Crippen molar-refractivity contribution < 1.29 is 5.11 Å². The maximum atomic E-state index is 9.16. The number of hydrogen-bond acceptors (Lipinski definition) is 2. The zero-order valence-corrected chi connectivity index (χ0v) is 10.9. The summed E-state index contributed by atoms with van der Waals surface area (Å²) < 4.78 is 0. The fourth-order valence-electron chi connectivity index (χ4n) is 3.05. The monoisotopic (exact) mass is 233 g/mol. The Labute approximate surface area is 104 Å². The molecule has 0 saturated carbocycles. The van der Waals surface area contributed by atoms with Gasteiger partial charge in [-0.2, -0.15) is 0 Å². The average Bonchev–Trinajstić information content (AvgIpc) is 2.29. The van der Waals surface area contributed by atoms with E-state index < -0.39 is 0 Å². The van der Waals surface area contributed by atoms with E-state index in [1.807, 2.05) is 0 Å². The summed E-state index contributed by atoms with van der Waals surface area (Å²) in [6, 6.07) is 6.85. The topological polar surface area (TPSA) is 32.3 Å². The van der Waals surface area contributed by atoms with Gasteiger partial charge in [0.15, 0.2) is 0 Å². The van der Waals surface area contributed by atoms with Crippen molar-refractivity contribution in [3.63, 3.8) is 0 Å². The molecule has 0 spiro atoms. The number of aliphatic hydroxyl groups excluding tert-OH is 1. The Morgan fingerprint density at radius 3 is 2.59 bits per heavy atom. The van der Waals surface area contributed by atoms with E-state index in [-0.39, 0.29) is 0 Å². The largest absolute Gasteiger partial charge is 0.396 e. The molecule has 0 radical (unpaired) electrons. The second kappa shape index (κ2) is 5.65. The van der Waals surface area contributed by atoms with Crippen molar-refractivity contribution in [1.29, 1.82) is 0 Å². The lowest BCUT2D eigenvalue weighted by Gasteiger charge is -2.32. The predicted molar refractivity (Wildman–Crippen MR) is 71.3 cm³/mol. The van der Waals surface area contributed by atoms with E-state index in [1.54, 1.807) is 0 Å². The van der Waals surface area contributed by atoms with Crippen molar-refractivity contribution in [2.24, 2.45) is 5.92 Å². The van der Waals surface area contributed by atoms with E-state index in [2.05, 4.69) is 37.4 Å². The minimum absolute atomic E-state index is 0.299. The van der Waals surface area contributed by atoms with Gasteiger partial charge in [0.05, 0.1) is 0 Å². The molecule has 94 valence electrons. The summed E-state index contributed by atoms with van der Waals surface area (Å²) in [5, 5.41) is 12.6. The van der Waals surface area contributed by atoms with Crippen LogP contribution in [0.2, 0.25) is 0 Å². The lowest BCUT2D eigenvalue weighted by atomic mass is 9.79. The summed E-state index contributed by atoms with van der Waals surface area (Å²) in [5.41, 5.74) is 4.16. The number of piperidine rings is 1. The first kappa shape index (κ1) is 12.6. The molecule has 0 aromatic heterocycles. The molecular formula is C15H23NO. The predicted octanol–water partition coefficient (Wildman–Crippen LogP) is 2.38. The Bertz CT molecular complexity index is 353. The molecule has 0 amide bonds. The molecule has 2 unspecified atom stereocenters. The van der Waals surface area contributed by atoms with Crippen LogP contribution in [0.1, 0.15) is 35.4 Å². The van der Waals surface area contributed by atoms with Crippen LogP contribution in [0.15, 0.2) is 18.2 Å². The normalized spacial score (nSPS) is 24.9. The Morgan fingerprint density at radius 2 is 1.94 bits per heavy atom. The van der Waals surface area contributed by atoms with Crippen molar-refractivity contribution in [3.8, 4) is 0 Å². The van der Waals surface area contributed by atoms with Gasteiger partial charge in [-0.05, 0) is 57.2 Å². The smallest absolute Gasteiger partial charge is 0.0434 e. The highest BCUT2D eigenvalue weighted by Gasteiger charge is 2.25. The van der Waals surface area contributed by atoms with Gasteiger partial charge < -0.3 is 10.4 Å². The molecule has 1 saturated heterocycles. The number of nitrogens with one attached hydrogen (secondary N) is 1. The van der Waals surface area contributed by atoms with E-state index >= 15 is 0 Å². The van der Waals surface area contributed by atoms with Crippen LogP contribution < -0.4 is 5.32 Å². The molecule has 1 aromatic rings. The van der Waals surface area contributed by atoms with Crippen LogP contribution in [0, 0.1) is 19.8 Å². The second-order valence-electron chi connectivity index (χ2n) is 5.29. The number of aliphatic hydroxyl groups is 1. The van der Waals surface area contributed by atoms with Crippen molar-refractivity contribution in [3.05, 3.63) is 34.9 Å². The molecule has 2 rings (SSSR count). The molecule has 1 fully saturated rings. The van der Waals surface area contributed by atoms with Crippen molar-refractivity contribution in [2.45, 2.75) is 32.6 Å². The van der Waals surface area contributed by atoms with Gasteiger partial charge in [0, 0.05) is 6.61 Å². The third-order valence-corrected chi connectivity index (χ3v) is 3.78. The lowest BCUT2D eigenvalue weighted by Crippen LogP contribution is -2.35. The van der Waals surface area contributed by atoms with Crippen molar-refractivity contribution in [2.75, 3.05) is 19.7 Å².